The largest absolute Gasteiger partial charge is 0.360 e. The summed E-state index contributed by atoms with van der Waals surface area (Å²) >= 11 is 0. The van der Waals surface area contributed by atoms with Crippen molar-refractivity contribution in [2.24, 2.45) is 5.11 Å². The lowest BCUT2D eigenvalue weighted by molar-refractivity contribution is 0.0770. The average molecular weight is 267 g/mol. The van der Waals surface area contributed by atoms with Crippen molar-refractivity contribution in [2.45, 2.75) is 46.3 Å². The van der Waals surface area contributed by atoms with E-state index in [1.807, 2.05) is 13.8 Å². The van der Waals surface area contributed by atoms with E-state index in [0.29, 0.717) is 12.4 Å². The SMILES string of the molecule is Cc1nn(COCC[Si](C)(C)C)c(C)c1N=[N+]=[N-]. The zero-order chi connectivity index (χ0) is 13.8. The van der Waals surface area contributed by atoms with Crippen LogP contribution in [0.1, 0.15) is 11.4 Å². The van der Waals surface area contributed by atoms with Crippen molar-refractivity contribution in [1.82, 2.24) is 9.78 Å². The standard InChI is InChI=1S/C11H21N5OSi/c1-9-11(13-15-12)10(2)16(14-9)8-17-6-7-18(3,4)5/h6-8H2,1-5H3. The first kappa shape index (κ1) is 14.8. The van der Waals surface area contributed by atoms with Crippen LogP contribution in [0.3, 0.4) is 0 Å². The maximum absolute atomic E-state index is 8.48. The minimum absolute atomic E-state index is 0.415. The Morgan fingerprint density at radius 1 is 1.39 bits per heavy atom. The molecule has 18 heavy (non-hydrogen) atoms. The van der Waals surface area contributed by atoms with Gasteiger partial charge in [0.15, 0.2) is 0 Å². The number of nitrogens with zero attached hydrogens (tertiary/aromatic N) is 5. The van der Waals surface area contributed by atoms with Gasteiger partial charge in [-0.25, -0.2) is 4.68 Å². The minimum atomic E-state index is -1.05. The van der Waals surface area contributed by atoms with Crippen molar-refractivity contribution < 1.29 is 4.74 Å². The van der Waals surface area contributed by atoms with Crippen molar-refractivity contribution in [3.8, 4) is 0 Å². The fraction of sp³-hybridized carbons (Fsp3) is 0.727. The van der Waals surface area contributed by atoms with Crippen molar-refractivity contribution in [2.75, 3.05) is 6.61 Å². The summed E-state index contributed by atoms with van der Waals surface area (Å²) in [6.07, 6.45) is 0. The van der Waals surface area contributed by atoms with Crippen LogP contribution >= 0.6 is 0 Å². The molecule has 100 valence electrons. The van der Waals surface area contributed by atoms with Gasteiger partial charge in [-0.3, -0.25) is 0 Å². The van der Waals surface area contributed by atoms with E-state index in [-0.39, 0.29) is 0 Å². The molecule has 0 unspecified atom stereocenters. The molecule has 0 amide bonds. The summed E-state index contributed by atoms with van der Waals surface area (Å²) in [5, 5.41) is 7.94. The van der Waals surface area contributed by atoms with Gasteiger partial charge in [-0.2, -0.15) is 5.10 Å². The normalized spacial score (nSPS) is 11.4. The van der Waals surface area contributed by atoms with E-state index < -0.39 is 8.07 Å². The van der Waals surface area contributed by atoms with Gasteiger partial charge in [0.25, 0.3) is 0 Å². The molecule has 0 atom stereocenters. The molecule has 1 aromatic heterocycles. The summed E-state index contributed by atoms with van der Waals surface area (Å²) in [5.41, 5.74) is 10.7. The van der Waals surface area contributed by atoms with E-state index in [9.17, 15) is 0 Å². The summed E-state index contributed by atoms with van der Waals surface area (Å²) in [6.45, 7) is 11.8. The van der Waals surface area contributed by atoms with Gasteiger partial charge >= 0.3 is 0 Å². The Balaban J connectivity index is 2.58. The fourth-order valence-corrected chi connectivity index (χ4v) is 2.29. The summed E-state index contributed by atoms with van der Waals surface area (Å²) in [6, 6.07) is 1.13. The molecule has 0 saturated heterocycles. The summed E-state index contributed by atoms with van der Waals surface area (Å²) in [4.78, 5) is 2.81. The van der Waals surface area contributed by atoms with E-state index in [1.54, 1.807) is 4.68 Å². The van der Waals surface area contributed by atoms with Gasteiger partial charge in [-0.15, -0.1) is 0 Å². The van der Waals surface area contributed by atoms with Crippen molar-refractivity contribution in [3.05, 3.63) is 21.8 Å². The van der Waals surface area contributed by atoms with Gasteiger partial charge in [0.05, 0.1) is 11.4 Å². The second-order valence-electron chi connectivity index (χ2n) is 5.56. The number of ether oxygens (including phenoxy) is 1. The molecule has 0 saturated carbocycles. The third kappa shape index (κ3) is 4.18. The van der Waals surface area contributed by atoms with Crippen LogP contribution in [0.15, 0.2) is 5.11 Å². The van der Waals surface area contributed by atoms with E-state index in [1.165, 1.54) is 0 Å². The Kier molecular flexibility index (Phi) is 4.95. The molecule has 0 bridgehead atoms. The highest BCUT2D eigenvalue weighted by atomic mass is 28.3. The molecule has 0 fully saturated rings. The molecule has 0 N–H and O–H groups in total. The number of azide groups is 1. The van der Waals surface area contributed by atoms with Crippen LogP contribution in [0.4, 0.5) is 5.69 Å². The highest BCUT2D eigenvalue weighted by molar-refractivity contribution is 6.76. The van der Waals surface area contributed by atoms with Gasteiger partial charge in [0.2, 0.25) is 0 Å². The molecule has 0 aliphatic carbocycles. The van der Waals surface area contributed by atoms with Crippen molar-refractivity contribution >= 4 is 13.8 Å². The first-order valence-electron chi connectivity index (χ1n) is 6.02. The fourth-order valence-electron chi connectivity index (χ4n) is 1.53. The first-order valence-corrected chi connectivity index (χ1v) is 9.73. The molecular weight excluding hydrogens is 246 g/mol. The van der Waals surface area contributed by atoms with Gasteiger partial charge in [0, 0.05) is 25.3 Å². The molecule has 7 heteroatoms. The second-order valence-corrected chi connectivity index (χ2v) is 11.2. The lowest BCUT2D eigenvalue weighted by atomic mass is 10.3. The summed E-state index contributed by atoms with van der Waals surface area (Å²) < 4.78 is 7.36. The third-order valence-corrected chi connectivity index (χ3v) is 4.40. The van der Waals surface area contributed by atoms with Crippen LogP contribution in [0, 0.1) is 13.8 Å². The predicted octanol–water partition coefficient (Wildman–Crippen LogP) is 3.75. The van der Waals surface area contributed by atoms with Gasteiger partial charge < -0.3 is 4.74 Å². The predicted molar refractivity (Wildman–Crippen MR) is 74.6 cm³/mol. The summed E-state index contributed by atoms with van der Waals surface area (Å²) in [7, 11) is -1.05. The molecule has 6 nitrogen and oxygen atoms in total. The second kappa shape index (κ2) is 6.04. The molecule has 1 aromatic rings. The van der Waals surface area contributed by atoms with Crippen molar-refractivity contribution in [3.63, 3.8) is 0 Å². The maximum Gasteiger partial charge on any atom is 0.139 e. The number of hydrogen-bond donors (Lipinski definition) is 0. The minimum Gasteiger partial charge on any atom is -0.360 e. The maximum atomic E-state index is 8.48. The molecule has 0 spiro atoms. The van der Waals surface area contributed by atoms with Crippen LogP contribution in [0.5, 0.6) is 0 Å². The monoisotopic (exact) mass is 267 g/mol. The Hall–Kier alpha value is -1.30. The van der Waals surface area contributed by atoms with Gasteiger partial charge in [0.1, 0.15) is 6.73 Å². The third-order valence-electron chi connectivity index (χ3n) is 2.70. The number of aryl methyl sites for hydroxylation is 1. The van der Waals surface area contributed by atoms with E-state index >= 15 is 0 Å². The van der Waals surface area contributed by atoms with E-state index in [2.05, 4.69) is 34.8 Å². The molecule has 0 aliphatic rings. The smallest absolute Gasteiger partial charge is 0.139 e. The van der Waals surface area contributed by atoms with Crippen LogP contribution < -0.4 is 0 Å². The first-order chi connectivity index (χ1) is 8.35. The molecule has 1 heterocycles. The average Bonchev–Trinajstić information content (AvgIpc) is 2.51. The number of aromatic nitrogens is 2. The highest BCUT2D eigenvalue weighted by Crippen LogP contribution is 2.22. The number of rotatable bonds is 6. The Bertz CT molecular complexity index is 457. The highest BCUT2D eigenvalue weighted by Gasteiger charge is 2.13. The van der Waals surface area contributed by atoms with Gasteiger partial charge in [-0.1, -0.05) is 24.8 Å². The van der Waals surface area contributed by atoms with E-state index in [4.69, 9.17) is 10.3 Å². The van der Waals surface area contributed by atoms with Crippen LogP contribution in [0.2, 0.25) is 25.7 Å². The quantitative estimate of drug-likeness (QED) is 0.259. The van der Waals surface area contributed by atoms with Crippen LogP contribution in [-0.4, -0.2) is 24.5 Å². The van der Waals surface area contributed by atoms with Crippen molar-refractivity contribution in [1.29, 1.82) is 0 Å². The lowest BCUT2D eigenvalue weighted by Gasteiger charge is -2.15. The summed E-state index contributed by atoms with van der Waals surface area (Å²) in [5.74, 6) is 0. The molecule has 0 aliphatic heterocycles. The Morgan fingerprint density at radius 2 is 2.06 bits per heavy atom. The zero-order valence-electron chi connectivity index (χ0n) is 11.8. The topological polar surface area (TPSA) is 75.8 Å². The van der Waals surface area contributed by atoms with Crippen LogP contribution in [-0.2, 0) is 11.5 Å². The number of hydrogen-bond acceptors (Lipinski definition) is 3. The van der Waals surface area contributed by atoms with Crippen LogP contribution in [0.25, 0.3) is 10.4 Å². The molecular formula is C11H21N5OSi. The molecule has 1 rings (SSSR count). The van der Waals surface area contributed by atoms with Gasteiger partial charge in [-0.05, 0) is 25.4 Å². The van der Waals surface area contributed by atoms with E-state index in [0.717, 1.165) is 24.0 Å². The molecule has 0 aromatic carbocycles. The Morgan fingerprint density at radius 3 is 2.61 bits per heavy atom. The Labute approximate surface area is 109 Å². The lowest BCUT2D eigenvalue weighted by Crippen LogP contribution is -2.22. The molecule has 0 radical (unpaired) electrons. The zero-order valence-corrected chi connectivity index (χ0v) is 12.8.